The first-order chi connectivity index (χ1) is 8.69. The maximum absolute atomic E-state index is 13.7. The lowest BCUT2D eigenvalue weighted by Crippen LogP contribution is -2.28. The number of hydrogen-bond acceptors (Lipinski definition) is 3. The van der Waals surface area contributed by atoms with Crippen LogP contribution in [0.1, 0.15) is 24.0 Å². The van der Waals surface area contributed by atoms with Gasteiger partial charge in [0.2, 0.25) is 0 Å². The summed E-state index contributed by atoms with van der Waals surface area (Å²) in [7, 11) is 1.96. The summed E-state index contributed by atoms with van der Waals surface area (Å²) < 4.78 is 19.3. The maximum Gasteiger partial charge on any atom is 0.129 e. The van der Waals surface area contributed by atoms with Crippen molar-refractivity contribution in [3.63, 3.8) is 0 Å². The minimum Gasteiger partial charge on any atom is -0.377 e. The molecule has 1 aliphatic heterocycles. The average Bonchev–Trinajstić information content (AvgIpc) is 2.84. The molecule has 2 rings (SSSR count). The van der Waals surface area contributed by atoms with Crippen LogP contribution in [-0.4, -0.2) is 31.2 Å². The fourth-order valence-electron chi connectivity index (χ4n) is 2.24. The highest BCUT2D eigenvalue weighted by molar-refractivity contribution is 5.32. The summed E-state index contributed by atoms with van der Waals surface area (Å²) >= 11 is 0. The van der Waals surface area contributed by atoms with Gasteiger partial charge in [-0.3, -0.25) is 4.90 Å². The molecule has 1 unspecified atom stereocenters. The smallest absolute Gasteiger partial charge is 0.129 e. The highest BCUT2D eigenvalue weighted by atomic mass is 19.1. The van der Waals surface area contributed by atoms with Crippen molar-refractivity contribution in [3.8, 4) is 6.07 Å². The summed E-state index contributed by atoms with van der Waals surface area (Å²) in [5.41, 5.74) is 0.979. The highest BCUT2D eigenvalue weighted by Crippen LogP contribution is 2.16. The van der Waals surface area contributed by atoms with Crippen LogP contribution in [0.15, 0.2) is 18.2 Å². The Morgan fingerprint density at radius 2 is 2.39 bits per heavy atom. The topological polar surface area (TPSA) is 36.3 Å². The number of ether oxygens (including phenoxy) is 1. The van der Waals surface area contributed by atoms with Crippen LogP contribution in [0.2, 0.25) is 0 Å². The van der Waals surface area contributed by atoms with Crippen LogP contribution in [0.5, 0.6) is 0 Å². The van der Waals surface area contributed by atoms with E-state index in [1.165, 1.54) is 6.07 Å². The molecule has 3 nitrogen and oxygen atoms in total. The third-order valence-corrected chi connectivity index (χ3v) is 3.16. The lowest BCUT2D eigenvalue weighted by molar-refractivity contribution is 0.0790. The first-order valence-electron chi connectivity index (χ1n) is 6.17. The van der Waals surface area contributed by atoms with Gasteiger partial charge in [0.05, 0.1) is 17.7 Å². The van der Waals surface area contributed by atoms with Gasteiger partial charge in [0.15, 0.2) is 0 Å². The summed E-state index contributed by atoms with van der Waals surface area (Å²) in [6.07, 6.45) is 2.47. The predicted molar refractivity (Wildman–Crippen MR) is 66.4 cm³/mol. The normalized spacial score (nSPS) is 19.1. The quantitative estimate of drug-likeness (QED) is 0.820. The molecule has 1 aromatic carbocycles. The molecule has 1 fully saturated rings. The van der Waals surface area contributed by atoms with Crippen LogP contribution in [0, 0.1) is 17.1 Å². The van der Waals surface area contributed by atoms with Crippen LogP contribution in [0.3, 0.4) is 0 Å². The first kappa shape index (κ1) is 13.0. The molecule has 0 saturated carbocycles. The van der Waals surface area contributed by atoms with E-state index in [4.69, 9.17) is 10.00 Å². The van der Waals surface area contributed by atoms with E-state index in [1.54, 1.807) is 12.1 Å². The van der Waals surface area contributed by atoms with Gasteiger partial charge in [0.1, 0.15) is 5.82 Å². The maximum atomic E-state index is 13.7. The van der Waals surface area contributed by atoms with Crippen molar-refractivity contribution < 1.29 is 9.13 Å². The molecule has 0 N–H and O–H groups in total. The molecule has 1 saturated heterocycles. The van der Waals surface area contributed by atoms with Crippen molar-refractivity contribution in [2.75, 3.05) is 20.2 Å². The number of nitriles is 1. The van der Waals surface area contributed by atoms with Gasteiger partial charge in [-0.05, 0) is 32.0 Å². The lowest BCUT2D eigenvalue weighted by Gasteiger charge is -2.20. The van der Waals surface area contributed by atoms with Crippen molar-refractivity contribution in [1.29, 1.82) is 5.26 Å². The number of benzene rings is 1. The van der Waals surface area contributed by atoms with Crippen LogP contribution in [0.25, 0.3) is 0 Å². The molecule has 0 aliphatic carbocycles. The molecule has 18 heavy (non-hydrogen) atoms. The van der Waals surface area contributed by atoms with Gasteiger partial charge in [-0.25, -0.2) is 4.39 Å². The number of rotatable bonds is 4. The van der Waals surface area contributed by atoms with E-state index in [1.807, 2.05) is 13.1 Å². The Kier molecular flexibility index (Phi) is 4.29. The monoisotopic (exact) mass is 248 g/mol. The second-order valence-electron chi connectivity index (χ2n) is 4.75. The van der Waals surface area contributed by atoms with E-state index >= 15 is 0 Å². The minimum absolute atomic E-state index is 0.274. The van der Waals surface area contributed by atoms with E-state index in [2.05, 4.69) is 4.90 Å². The van der Waals surface area contributed by atoms with Gasteiger partial charge in [-0.15, -0.1) is 0 Å². The van der Waals surface area contributed by atoms with Crippen LogP contribution < -0.4 is 0 Å². The molecule has 0 bridgehead atoms. The highest BCUT2D eigenvalue weighted by Gasteiger charge is 2.18. The molecule has 4 heteroatoms. The van der Waals surface area contributed by atoms with Crippen molar-refractivity contribution in [3.05, 3.63) is 35.1 Å². The van der Waals surface area contributed by atoms with Gasteiger partial charge < -0.3 is 4.74 Å². The van der Waals surface area contributed by atoms with Gasteiger partial charge in [-0.2, -0.15) is 5.26 Å². The number of nitrogens with zero attached hydrogens (tertiary/aromatic N) is 2. The summed E-state index contributed by atoms with van der Waals surface area (Å²) in [4.78, 5) is 2.06. The third-order valence-electron chi connectivity index (χ3n) is 3.16. The van der Waals surface area contributed by atoms with Crippen LogP contribution in [0.4, 0.5) is 4.39 Å². The molecule has 1 atom stereocenters. The van der Waals surface area contributed by atoms with E-state index in [0.717, 1.165) is 26.0 Å². The SMILES string of the molecule is CN(Cc1ccc(C#N)cc1F)CC1CCCO1. The van der Waals surface area contributed by atoms with E-state index in [0.29, 0.717) is 17.7 Å². The van der Waals surface area contributed by atoms with Gasteiger partial charge in [0, 0.05) is 25.3 Å². The van der Waals surface area contributed by atoms with Gasteiger partial charge in [-0.1, -0.05) is 6.07 Å². The Bertz CT molecular complexity index is 450. The van der Waals surface area contributed by atoms with E-state index < -0.39 is 0 Å². The zero-order valence-electron chi connectivity index (χ0n) is 10.5. The van der Waals surface area contributed by atoms with Crippen LogP contribution >= 0.6 is 0 Å². The van der Waals surface area contributed by atoms with Gasteiger partial charge >= 0.3 is 0 Å². The molecule has 0 spiro atoms. The Hall–Kier alpha value is -1.44. The first-order valence-corrected chi connectivity index (χ1v) is 6.17. The molecule has 96 valence electrons. The summed E-state index contributed by atoms with van der Waals surface area (Å²) in [5.74, 6) is -0.312. The zero-order valence-corrected chi connectivity index (χ0v) is 10.5. The van der Waals surface area contributed by atoms with E-state index in [-0.39, 0.29) is 11.9 Å². The third kappa shape index (κ3) is 3.28. The molecule has 1 aliphatic rings. The molecule has 0 amide bonds. The largest absolute Gasteiger partial charge is 0.377 e. The van der Waals surface area contributed by atoms with Crippen molar-refractivity contribution in [2.45, 2.75) is 25.5 Å². The summed E-state index contributed by atoms with van der Waals surface area (Å²) in [5, 5.41) is 8.68. The Balaban J connectivity index is 1.94. The molecular weight excluding hydrogens is 231 g/mol. The average molecular weight is 248 g/mol. The second-order valence-corrected chi connectivity index (χ2v) is 4.75. The fourth-order valence-corrected chi connectivity index (χ4v) is 2.24. The molecule has 0 aromatic heterocycles. The molecular formula is C14H17FN2O. The van der Waals surface area contributed by atoms with Crippen molar-refractivity contribution in [2.24, 2.45) is 0 Å². The minimum atomic E-state index is -0.312. The van der Waals surface area contributed by atoms with Gasteiger partial charge in [0.25, 0.3) is 0 Å². The fraction of sp³-hybridized carbons (Fsp3) is 0.500. The summed E-state index contributed by atoms with van der Waals surface area (Å²) in [6.45, 7) is 2.20. The lowest BCUT2D eigenvalue weighted by atomic mass is 10.1. The Morgan fingerprint density at radius 3 is 3.00 bits per heavy atom. The molecule has 1 heterocycles. The second kappa shape index (κ2) is 5.94. The standard InChI is InChI=1S/C14H17FN2O/c1-17(10-13-3-2-6-18-13)9-12-5-4-11(8-16)7-14(12)15/h4-5,7,13H,2-3,6,9-10H2,1H3. The van der Waals surface area contributed by atoms with Crippen molar-refractivity contribution in [1.82, 2.24) is 4.90 Å². The van der Waals surface area contributed by atoms with Crippen LogP contribution in [-0.2, 0) is 11.3 Å². The zero-order chi connectivity index (χ0) is 13.0. The Morgan fingerprint density at radius 1 is 1.56 bits per heavy atom. The van der Waals surface area contributed by atoms with E-state index in [9.17, 15) is 4.39 Å². The molecule has 1 aromatic rings. The number of likely N-dealkylation sites (N-methyl/N-ethyl adjacent to an activating group) is 1. The van der Waals surface area contributed by atoms with Crippen molar-refractivity contribution >= 4 is 0 Å². The molecule has 0 radical (unpaired) electrons. The summed E-state index contributed by atoms with van der Waals surface area (Å²) in [6, 6.07) is 6.55. The number of halogens is 1. The Labute approximate surface area is 107 Å². The predicted octanol–water partition coefficient (Wildman–Crippen LogP) is 2.31. The number of hydrogen-bond donors (Lipinski definition) is 0.